The Morgan fingerprint density at radius 3 is 2.90 bits per heavy atom. The van der Waals surface area contributed by atoms with Gasteiger partial charge in [-0.25, -0.2) is 0 Å². The second-order valence-corrected chi connectivity index (χ2v) is 4.92. The van der Waals surface area contributed by atoms with E-state index >= 15 is 0 Å². The molecule has 0 spiro atoms. The number of rotatable bonds is 4. The number of β-amino-alcohol motifs (C(OH)–C–C–N with tert-alkyl or cyclic N) is 1. The van der Waals surface area contributed by atoms with Crippen LogP contribution in [0.5, 0.6) is 0 Å². The van der Waals surface area contributed by atoms with Gasteiger partial charge in [0.1, 0.15) is 5.56 Å². The lowest BCUT2D eigenvalue weighted by Gasteiger charge is -2.14. The van der Waals surface area contributed by atoms with E-state index in [1.165, 1.54) is 6.07 Å². The monoisotopic (exact) mass is 279 g/mol. The van der Waals surface area contributed by atoms with Gasteiger partial charge in [0.05, 0.1) is 11.0 Å². The molecule has 1 aliphatic heterocycles. The highest BCUT2D eigenvalue weighted by Crippen LogP contribution is 2.23. The van der Waals surface area contributed by atoms with Crippen molar-refractivity contribution < 1.29 is 14.8 Å². The number of hydrogen-bond donors (Lipinski definition) is 3. The average Bonchev–Trinajstić information content (AvgIpc) is 2.80. The number of aryl methyl sites for hydroxylation is 1. The zero-order valence-corrected chi connectivity index (χ0v) is 11.1. The molecule has 7 nitrogen and oxygen atoms in total. The summed E-state index contributed by atoms with van der Waals surface area (Å²) in [5.41, 5.74) is 0.329. The molecule has 1 aromatic rings. The van der Waals surface area contributed by atoms with E-state index in [0.717, 1.165) is 0 Å². The van der Waals surface area contributed by atoms with Crippen LogP contribution in [-0.2, 0) is 0 Å². The highest BCUT2D eigenvalue weighted by atomic mass is 16.6. The van der Waals surface area contributed by atoms with E-state index in [0.29, 0.717) is 18.7 Å². The molecule has 2 atom stereocenters. The number of aliphatic hydroxyl groups is 1. The highest BCUT2D eigenvalue weighted by molar-refractivity contribution is 5.98. The van der Waals surface area contributed by atoms with Gasteiger partial charge in [-0.2, -0.15) is 0 Å². The fourth-order valence-corrected chi connectivity index (χ4v) is 2.33. The number of hydrogen-bond acceptors (Lipinski definition) is 5. The lowest BCUT2D eigenvalue weighted by Crippen LogP contribution is -2.34. The van der Waals surface area contributed by atoms with Crippen LogP contribution >= 0.6 is 0 Å². The molecule has 1 fully saturated rings. The van der Waals surface area contributed by atoms with E-state index in [-0.39, 0.29) is 23.7 Å². The summed E-state index contributed by atoms with van der Waals surface area (Å²) in [7, 11) is 0. The molecule has 0 aromatic heterocycles. The van der Waals surface area contributed by atoms with Crippen molar-refractivity contribution in [3.05, 3.63) is 39.4 Å². The predicted molar refractivity (Wildman–Crippen MR) is 72.5 cm³/mol. The summed E-state index contributed by atoms with van der Waals surface area (Å²) < 4.78 is 0. The number of carbonyl (C=O) groups is 1. The highest BCUT2D eigenvalue weighted by Gasteiger charge is 2.27. The minimum absolute atomic E-state index is 0.0513. The summed E-state index contributed by atoms with van der Waals surface area (Å²) in [5.74, 6) is -0.553. The maximum Gasteiger partial charge on any atom is 0.285 e. The molecule has 20 heavy (non-hydrogen) atoms. The third-order valence-corrected chi connectivity index (χ3v) is 3.49. The maximum absolute atomic E-state index is 12.1. The minimum Gasteiger partial charge on any atom is -0.391 e. The number of nitro groups is 1. The quantitative estimate of drug-likeness (QED) is 0.540. The standard InChI is InChI=1S/C13H17N3O4/c1-8-3-2-4-10(12(8)16(19)20)13(18)15-6-9-5-14-7-11(9)17/h2-4,9,11,14,17H,5-7H2,1H3,(H,15,18). The molecule has 0 saturated carbocycles. The summed E-state index contributed by atoms with van der Waals surface area (Å²) in [5, 5.41) is 26.3. The molecule has 7 heteroatoms. The average molecular weight is 279 g/mol. The Morgan fingerprint density at radius 2 is 2.30 bits per heavy atom. The minimum atomic E-state index is -0.545. The lowest BCUT2D eigenvalue weighted by atomic mass is 10.1. The molecule has 1 amide bonds. The Hall–Kier alpha value is -1.99. The number of nitro benzene ring substituents is 1. The van der Waals surface area contributed by atoms with Crippen molar-refractivity contribution in [3.63, 3.8) is 0 Å². The molecule has 2 unspecified atom stereocenters. The lowest BCUT2D eigenvalue weighted by molar-refractivity contribution is -0.385. The van der Waals surface area contributed by atoms with Crippen molar-refractivity contribution in [2.24, 2.45) is 5.92 Å². The van der Waals surface area contributed by atoms with Gasteiger partial charge >= 0.3 is 0 Å². The molecular formula is C13H17N3O4. The fourth-order valence-electron chi connectivity index (χ4n) is 2.33. The first kappa shape index (κ1) is 14.4. The molecular weight excluding hydrogens is 262 g/mol. The Bertz CT molecular complexity index is 532. The maximum atomic E-state index is 12.1. The molecule has 3 N–H and O–H groups in total. The predicted octanol–water partition coefficient (Wildman–Crippen LogP) is 0.213. The van der Waals surface area contributed by atoms with Crippen LogP contribution in [-0.4, -0.2) is 41.7 Å². The third-order valence-electron chi connectivity index (χ3n) is 3.49. The SMILES string of the molecule is Cc1cccc(C(=O)NCC2CNCC2O)c1[N+](=O)[O-]. The first-order valence-corrected chi connectivity index (χ1v) is 6.41. The Labute approximate surface area is 116 Å². The number of para-hydroxylation sites is 1. The van der Waals surface area contributed by atoms with Crippen molar-refractivity contribution in [3.8, 4) is 0 Å². The molecule has 1 saturated heterocycles. The van der Waals surface area contributed by atoms with Gasteiger partial charge in [-0.15, -0.1) is 0 Å². The van der Waals surface area contributed by atoms with Crippen LogP contribution in [0, 0.1) is 23.0 Å². The summed E-state index contributed by atoms with van der Waals surface area (Å²) in [6.07, 6.45) is -0.497. The first-order chi connectivity index (χ1) is 9.50. The van der Waals surface area contributed by atoms with Gasteiger partial charge in [-0.05, 0) is 13.0 Å². The third kappa shape index (κ3) is 2.94. The van der Waals surface area contributed by atoms with Gasteiger partial charge in [-0.1, -0.05) is 12.1 Å². The summed E-state index contributed by atoms with van der Waals surface area (Å²) in [4.78, 5) is 22.6. The van der Waals surface area contributed by atoms with Gasteiger partial charge in [0, 0.05) is 31.1 Å². The van der Waals surface area contributed by atoms with Gasteiger partial charge < -0.3 is 15.7 Å². The van der Waals surface area contributed by atoms with E-state index < -0.39 is 16.9 Å². The van der Waals surface area contributed by atoms with Gasteiger partial charge in [0.2, 0.25) is 0 Å². The van der Waals surface area contributed by atoms with Gasteiger partial charge in [0.15, 0.2) is 0 Å². The van der Waals surface area contributed by atoms with Crippen LogP contribution in [0.4, 0.5) is 5.69 Å². The van der Waals surface area contributed by atoms with Crippen LogP contribution in [0.3, 0.4) is 0 Å². The molecule has 0 bridgehead atoms. The Morgan fingerprint density at radius 1 is 1.55 bits per heavy atom. The van der Waals surface area contributed by atoms with Crippen LogP contribution in [0.1, 0.15) is 15.9 Å². The van der Waals surface area contributed by atoms with Crippen molar-refractivity contribution in [2.75, 3.05) is 19.6 Å². The van der Waals surface area contributed by atoms with E-state index in [1.54, 1.807) is 19.1 Å². The zero-order valence-electron chi connectivity index (χ0n) is 11.1. The largest absolute Gasteiger partial charge is 0.391 e. The van der Waals surface area contributed by atoms with E-state index in [2.05, 4.69) is 10.6 Å². The van der Waals surface area contributed by atoms with Crippen LogP contribution < -0.4 is 10.6 Å². The normalized spacial score (nSPS) is 21.7. The molecule has 1 aliphatic rings. The van der Waals surface area contributed by atoms with E-state index in [1.807, 2.05) is 0 Å². The summed E-state index contributed by atoms with van der Waals surface area (Å²) in [6.45, 7) is 3.01. The number of aliphatic hydroxyl groups excluding tert-OH is 1. The zero-order chi connectivity index (χ0) is 14.7. The van der Waals surface area contributed by atoms with Gasteiger partial charge in [-0.3, -0.25) is 14.9 Å². The Kier molecular flexibility index (Phi) is 4.31. The van der Waals surface area contributed by atoms with Crippen LogP contribution in [0.2, 0.25) is 0 Å². The molecule has 0 aliphatic carbocycles. The summed E-state index contributed by atoms with van der Waals surface area (Å²) >= 11 is 0. The summed E-state index contributed by atoms with van der Waals surface area (Å²) in [6, 6.07) is 4.65. The van der Waals surface area contributed by atoms with Crippen molar-refractivity contribution >= 4 is 11.6 Å². The topological polar surface area (TPSA) is 104 Å². The number of nitrogens with one attached hydrogen (secondary N) is 2. The van der Waals surface area contributed by atoms with E-state index in [9.17, 15) is 20.0 Å². The smallest absolute Gasteiger partial charge is 0.285 e. The number of benzene rings is 1. The van der Waals surface area contributed by atoms with Crippen LogP contribution in [0.25, 0.3) is 0 Å². The second-order valence-electron chi connectivity index (χ2n) is 4.92. The molecule has 1 aromatic carbocycles. The number of amides is 1. The molecule has 0 radical (unpaired) electrons. The second kappa shape index (κ2) is 5.98. The fraction of sp³-hybridized carbons (Fsp3) is 0.462. The molecule has 2 rings (SSSR count). The van der Waals surface area contributed by atoms with E-state index in [4.69, 9.17) is 0 Å². The van der Waals surface area contributed by atoms with Crippen LogP contribution in [0.15, 0.2) is 18.2 Å². The van der Waals surface area contributed by atoms with Crippen molar-refractivity contribution in [2.45, 2.75) is 13.0 Å². The first-order valence-electron chi connectivity index (χ1n) is 6.41. The number of nitrogens with zero attached hydrogens (tertiary/aromatic N) is 1. The number of carbonyl (C=O) groups excluding carboxylic acids is 1. The Balaban J connectivity index is 2.09. The van der Waals surface area contributed by atoms with Crippen molar-refractivity contribution in [1.82, 2.24) is 10.6 Å². The van der Waals surface area contributed by atoms with Crippen molar-refractivity contribution in [1.29, 1.82) is 0 Å². The molecule has 108 valence electrons. The molecule has 1 heterocycles. The van der Waals surface area contributed by atoms with Gasteiger partial charge in [0.25, 0.3) is 11.6 Å².